The van der Waals surface area contributed by atoms with Crippen LogP contribution < -0.4 is 11.1 Å². The van der Waals surface area contributed by atoms with Gasteiger partial charge < -0.3 is 11.1 Å². The molecule has 15 heavy (non-hydrogen) atoms. The maximum atomic E-state index is 5.76. The van der Waals surface area contributed by atoms with Crippen molar-refractivity contribution in [1.82, 2.24) is 4.98 Å². The van der Waals surface area contributed by atoms with E-state index in [0.29, 0.717) is 12.6 Å². The Morgan fingerprint density at radius 3 is 3.00 bits per heavy atom. The fourth-order valence-electron chi connectivity index (χ4n) is 2.22. The third-order valence-corrected chi connectivity index (χ3v) is 3.27. The molecule has 1 heterocycles. The van der Waals surface area contributed by atoms with Crippen LogP contribution in [0.15, 0.2) is 6.07 Å². The van der Waals surface area contributed by atoms with Gasteiger partial charge in [0.1, 0.15) is 5.82 Å². The minimum atomic E-state index is 0.593. The van der Waals surface area contributed by atoms with Gasteiger partial charge in [-0.25, -0.2) is 4.98 Å². The molecule has 3 nitrogen and oxygen atoms in total. The molecule has 0 unspecified atom stereocenters. The molecule has 1 aromatic rings. The normalized spacial score (nSPS) is 19.0. The van der Waals surface area contributed by atoms with Gasteiger partial charge in [0.2, 0.25) is 0 Å². The summed E-state index contributed by atoms with van der Waals surface area (Å²) in [6.07, 6.45) is 6.13. The number of aromatic nitrogens is 1. The molecule has 0 aliphatic heterocycles. The molecule has 1 aromatic heterocycles. The summed E-state index contributed by atoms with van der Waals surface area (Å²) in [7, 11) is 0. The van der Waals surface area contributed by atoms with Crippen molar-refractivity contribution in [1.29, 1.82) is 0 Å². The molecule has 80 valence electrons. The summed E-state index contributed by atoms with van der Waals surface area (Å²) in [5, 5.41) is 3.47. The fourth-order valence-corrected chi connectivity index (χ4v) is 2.22. The molecule has 2 aliphatic carbocycles. The summed E-state index contributed by atoms with van der Waals surface area (Å²) in [4.78, 5) is 4.71. The zero-order valence-corrected chi connectivity index (χ0v) is 8.92. The SMILES string of the molecule is NCc1cc2c(nc1NC1CC1)CCC2. The highest BCUT2D eigenvalue weighted by molar-refractivity contribution is 5.50. The van der Waals surface area contributed by atoms with Gasteiger partial charge in [-0.05, 0) is 43.7 Å². The van der Waals surface area contributed by atoms with E-state index >= 15 is 0 Å². The number of nitrogens with two attached hydrogens (primary N) is 1. The Hall–Kier alpha value is -1.09. The first-order chi connectivity index (χ1) is 7.36. The minimum Gasteiger partial charge on any atom is -0.367 e. The quantitative estimate of drug-likeness (QED) is 0.784. The average Bonchev–Trinajstić information content (AvgIpc) is 2.94. The maximum Gasteiger partial charge on any atom is 0.130 e. The van der Waals surface area contributed by atoms with Gasteiger partial charge >= 0.3 is 0 Å². The number of pyridine rings is 1. The molecule has 0 aromatic carbocycles. The molecule has 3 heteroatoms. The number of hydrogen-bond acceptors (Lipinski definition) is 3. The average molecular weight is 203 g/mol. The summed E-state index contributed by atoms with van der Waals surface area (Å²) in [6.45, 7) is 0.593. The van der Waals surface area contributed by atoms with Crippen LogP contribution in [0.1, 0.15) is 36.1 Å². The molecule has 3 rings (SSSR count). The monoisotopic (exact) mass is 203 g/mol. The van der Waals surface area contributed by atoms with Gasteiger partial charge in [-0.3, -0.25) is 0 Å². The molecule has 3 N–H and O–H groups in total. The van der Waals surface area contributed by atoms with E-state index in [0.717, 1.165) is 12.2 Å². The molecule has 0 bridgehead atoms. The van der Waals surface area contributed by atoms with Gasteiger partial charge in [-0.1, -0.05) is 0 Å². The summed E-state index contributed by atoms with van der Waals surface area (Å²) in [5.41, 5.74) is 9.64. The van der Waals surface area contributed by atoms with Crippen molar-refractivity contribution < 1.29 is 0 Å². The van der Waals surface area contributed by atoms with Crippen molar-refractivity contribution >= 4 is 5.82 Å². The number of anilines is 1. The van der Waals surface area contributed by atoms with Crippen molar-refractivity contribution in [2.24, 2.45) is 5.73 Å². The Labute approximate surface area is 90.1 Å². The summed E-state index contributed by atoms with van der Waals surface area (Å²) >= 11 is 0. The lowest BCUT2D eigenvalue weighted by atomic mass is 10.1. The van der Waals surface area contributed by atoms with E-state index in [1.54, 1.807) is 0 Å². The molecule has 0 spiro atoms. The second-order valence-corrected chi connectivity index (χ2v) is 4.58. The number of nitrogens with one attached hydrogen (secondary N) is 1. The van der Waals surface area contributed by atoms with Gasteiger partial charge in [-0.2, -0.15) is 0 Å². The molecule has 2 aliphatic rings. The first kappa shape index (κ1) is 9.16. The van der Waals surface area contributed by atoms with Crippen molar-refractivity contribution in [2.45, 2.75) is 44.7 Å². The van der Waals surface area contributed by atoms with Gasteiger partial charge in [0.05, 0.1) is 0 Å². The molecule has 0 amide bonds. The first-order valence-electron chi connectivity index (χ1n) is 5.85. The zero-order chi connectivity index (χ0) is 10.3. The van der Waals surface area contributed by atoms with E-state index in [4.69, 9.17) is 10.7 Å². The number of hydrogen-bond donors (Lipinski definition) is 2. The number of nitrogens with zero attached hydrogens (tertiary/aromatic N) is 1. The first-order valence-corrected chi connectivity index (χ1v) is 5.85. The van der Waals surface area contributed by atoms with Crippen LogP contribution in [0.2, 0.25) is 0 Å². The molecule has 0 atom stereocenters. The van der Waals surface area contributed by atoms with Crippen LogP contribution in [0.3, 0.4) is 0 Å². The van der Waals surface area contributed by atoms with Crippen LogP contribution in [0, 0.1) is 0 Å². The van der Waals surface area contributed by atoms with Gasteiger partial charge in [-0.15, -0.1) is 0 Å². The molecule has 0 radical (unpaired) electrons. The van der Waals surface area contributed by atoms with E-state index in [1.165, 1.54) is 42.5 Å². The standard InChI is InChI=1S/C12H17N3/c13-7-9-6-8-2-1-3-11(8)15-12(9)14-10-4-5-10/h6,10H,1-5,7,13H2,(H,14,15). The third-order valence-electron chi connectivity index (χ3n) is 3.27. The van der Waals surface area contributed by atoms with Crippen LogP contribution in [0.5, 0.6) is 0 Å². The highest BCUT2D eigenvalue weighted by atomic mass is 15.0. The lowest BCUT2D eigenvalue weighted by Crippen LogP contribution is -2.10. The van der Waals surface area contributed by atoms with Crippen LogP contribution in [-0.4, -0.2) is 11.0 Å². The smallest absolute Gasteiger partial charge is 0.130 e. The largest absolute Gasteiger partial charge is 0.367 e. The number of fused-ring (bicyclic) bond motifs is 1. The Morgan fingerprint density at radius 1 is 1.40 bits per heavy atom. The third kappa shape index (κ3) is 1.72. The highest BCUT2D eigenvalue weighted by Gasteiger charge is 2.23. The topological polar surface area (TPSA) is 50.9 Å². The van der Waals surface area contributed by atoms with Crippen molar-refractivity contribution in [3.8, 4) is 0 Å². The van der Waals surface area contributed by atoms with Crippen LogP contribution in [0.25, 0.3) is 0 Å². The lowest BCUT2D eigenvalue weighted by Gasteiger charge is -2.11. The summed E-state index contributed by atoms with van der Waals surface area (Å²) < 4.78 is 0. The van der Waals surface area contributed by atoms with Crippen LogP contribution >= 0.6 is 0 Å². The van der Waals surface area contributed by atoms with E-state index in [2.05, 4.69) is 11.4 Å². The fraction of sp³-hybridized carbons (Fsp3) is 0.583. The highest BCUT2D eigenvalue weighted by Crippen LogP contribution is 2.29. The number of rotatable bonds is 3. The molecular weight excluding hydrogens is 186 g/mol. The van der Waals surface area contributed by atoms with Crippen LogP contribution in [0.4, 0.5) is 5.82 Å². The predicted octanol–water partition coefficient (Wildman–Crippen LogP) is 1.60. The van der Waals surface area contributed by atoms with Crippen molar-refractivity contribution in [3.05, 3.63) is 22.9 Å². The maximum absolute atomic E-state index is 5.76. The molecule has 0 saturated heterocycles. The van der Waals surface area contributed by atoms with Gasteiger partial charge in [0.25, 0.3) is 0 Å². The van der Waals surface area contributed by atoms with E-state index in [1.807, 2.05) is 0 Å². The Bertz CT molecular complexity index is 383. The van der Waals surface area contributed by atoms with E-state index in [-0.39, 0.29) is 0 Å². The van der Waals surface area contributed by atoms with Crippen molar-refractivity contribution in [2.75, 3.05) is 5.32 Å². The summed E-state index contributed by atoms with van der Waals surface area (Å²) in [6, 6.07) is 2.90. The molecule has 1 saturated carbocycles. The second-order valence-electron chi connectivity index (χ2n) is 4.58. The van der Waals surface area contributed by atoms with Crippen LogP contribution in [-0.2, 0) is 19.4 Å². The molecule has 1 fully saturated rings. The van der Waals surface area contributed by atoms with E-state index < -0.39 is 0 Å². The zero-order valence-electron chi connectivity index (χ0n) is 8.92. The van der Waals surface area contributed by atoms with E-state index in [9.17, 15) is 0 Å². The molecular formula is C12H17N3. The minimum absolute atomic E-state index is 0.593. The lowest BCUT2D eigenvalue weighted by molar-refractivity contribution is 0.898. The van der Waals surface area contributed by atoms with Crippen molar-refractivity contribution in [3.63, 3.8) is 0 Å². The number of aryl methyl sites for hydroxylation is 2. The Balaban J connectivity index is 1.95. The predicted molar refractivity (Wildman–Crippen MR) is 60.8 cm³/mol. The summed E-state index contributed by atoms with van der Waals surface area (Å²) in [5.74, 6) is 1.04. The Morgan fingerprint density at radius 2 is 2.27 bits per heavy atom. The van der Waals surface area contributed by atoms with Gasteiger partial charge in [0, 0.05) is 23.8 Å². The second kappa shape index (κ2) is 3.49. The van der Waals surface area contributed by atoms with Gasteiger partial charge in [0.15, 0.2) is 0 Å². The Kier molecular flexibility index (Phi) is 2.13.